The summed E-state index contributed by atoms with van der Waals surface area (Å²) in [5, 5.41) is 2.72. The van der Waals surface area contributed by atoms with Crippen molar-refractivity contribution in [2.45, 2.75) is 31.0 Å². The van der Waals surface area contributed by atoms with Crippen molar-refractivity contribution < 1.29 is 22.7 Å². The van der Waals surface area contributed by atoms with E-state index in [9.17, 15) is 13.2 Å². The van der Waals surface area contributed by atoms with E-state index < -0.39 is 22.3 Å². The minimum Gasteiger partial charge on any atom is -0.497 e. The van der Waals surface area contributed by atoms with Crippen molar-refractivity contribution in [1.29, 1.82) is 0 Å². The number of aryl methyl sites for hydroxylation is 1. The average Bonchev–Trinajstić information content (AvgIpc) is 3.16. The third-order valence-electron chi connectivity index (χ3n) is 5.30. The number of methoxy groups -OCH3 is 1. The largest absolute Gasteiger partial charge is 0.497 e. The topological polar surface area (TPSA) is 84.9 Å². The number of hydrogen-bond acceptors (Lipinski definition) is 5. The van der Waals surface area contributed by atoms with Gasteiger partial charge in [-0.2, -0.15) is 0 Å². The van der Waals surface area contributed by atoms with Crippen LogP contribution in [0.5, 0.6) is 5.75 Å². The van der Waals surface area contributed by atoms with Crippen molar-refractivity contribution in [3.8, 4) is 5.75 Å². The fraction of sp³-hybridized carbons (Fsp3) is 0.208. The number of carbonyl (C=O) groups excluding carboxylic acids is 1. The SMILES string of the molecule is COc1ccc2c(c1)CC(NC(=O)OCc1ccccc1)N2S(=O)(=O)c1ccc(C)cc1. The zero-order chi connectivity index (χ0) is 22.7. The average molecular weight is 453 g/mol. The van der Waals surface area contributed by atoms with E-state index in [2.05, 4.69) is 5.32 Å². The number of fused-ring (bicyclic) bond motifs is 1. The van der Waals surface area contributed by atoms with Gasteiger partial charge >= 0.3 is 6.09 Å². The highest BCUT2D eigenvalue weighted by Crippen LogP contribution is 2.38. The first-order valence-electron chi connectivity index (χ1n) is 10.1. The number of sulfonamides is 1. The van der Waals surface area contributed by atoms with Crippen LogP contribution in [-0.4, -0.2) is 27.8 Å². The summed E-state index contributed by atoms with van der Waals surface area (Å²) in [5.41, 5.74) is 3.05. The molecule has 0 aliphatic carbocycles. The summed E-state index contributed by atoms with van der Waals surface area (Å²) < 4.78 is 38.9. The van der Waals surface area contributed by atoms with E-state index in [4.69, 9.17) is 9.47 Å². The normalized spacial score (nSPS) is 15.2. The van der Waals surface area contributed by atoms with Gasteiger partial charge in [0.15, 0.2) is 0 Å². The maximum Gasteiger partial charge on any atom is 0.409 e. The lowest BCUT2D eigenvalue weighted by Gasteiger charge is -2.27. The van der Waals surface area contributed by atoms with Crippen molar-refractivity contribution in [2.24, 2.45) is 0 Å². The van der Waals surface area contributed by atoms with Gasteiger partial charge in [-0.25, -0.2) is 17.5 Å². The summed E-state index contributed by atoms with van der Waals surface area (Å²) in [7, 11) is -2.38. The molecule has 0 radical (unpaired) electrons. The van der Waals surface area contributed by atoms with Crippen LogP contribution in [0.15, 0.2) is 77.7 Å². The van der Waals surface area contributed by atoms with Crippen LogP contribution in [0, 0.1) is 6.92 Å². The molecule has 4 rings (SSSR count). The Morgan fingerprint density at radius 1 is 1.06 bits per heavy atom. The van der Waals surface area contributed by atoms with Gasteiger partial charge in [0.1, 0.15) is 18.5 Å². The number of hydrogen-bond donors (Lipinski definition) is 1. The van der Waals surface area contributed by atoms with Gasteiger partial charge in [-0.1, -0.05) is 48.0 Å². The summed E-state index contributed by atoms with van der Waals surface area (Å²) in [6.07, 6.45) is -1.23. The first-order valence-corrected chi connectivity index (χ1v) is 11.6. The van der Waals surface area contributed by atoms with Gasteiger partial charge in [-0.05, 0) is 48.4 Å². The van der Waals surface area contributed by atoms with Gasteiger partial charge in [0.2, 0.25) is 0 Å². The molecule has 8 heteroatoms. The maximum absolute atomic E-state index is 13.5. The summed E-state index contributed by atoms with van der Waals surface area (Å²) in [6.45, 7) is 1.98. The van der Waals surface area contributed by atoms with Crippen molar-refractivity contribution >= 4 is 21.8 Å². The molecule has 7 nitrogen and oxygen atoms in total. The second-order valence-corrected chi connectivity index (χ2v) is 9.35. The molecule has 0 spiro atoms. The van der Waals surface area contributed by atoms with Gasteiger partial charge in [0.05, 0.1) is 17.7 Å². The quantitative estimate of drug-likeness (QED) is 0.611. The van der Waals surface area contributed by atoms with Crippen molar-refractivity contribution in [1.82, 2.24) is 5.32 Å². The Hall–Kier alpha value is -3.52. The van der Waals surface area contributed by atoms with E-state index in [1.165, 1.54) is 4.31 Å². The molecule has 1 N–H and O–H groups in total. The molecule has 0 bridgehead atoms. The van der Waals surface area contributed by atoms with Crippen molar-refractivity contribution in [3.05, 3.63) is 89.5 Å². The number of anilines is 1. The van der Waals surface area contributed by atoms with Gasteiger partial charge in [-0.3, -0.25) is 5.32 Å². The second kappa shape index (κ2) is 8.92. The smallest absolute Gasteiger partial charge is 0.409 e. The van der Waals surface area contributed by atoms with Gasteiger partial charge in [0, 0.05) is 6.42 Å². The van der Waals surface area contributed by atoms with Crippen LogP contribution in [0.4, 0.5) is 10.5 Å². The Balaban J connectivity index is 1.61. The van der Waals surface area contributed by atoms with Crippen LogP contribution >= 0.6 is 0 Å². The van der Waals surface area contributed by atoms with Crippen LogP contribution in [0.3, 0.4) is 0 Å². The fourth-order valence-corrected chi connectivity index (χ4v) is 5.26. The molecule has 166 valence electrons. The molecule has 1 aliphatic heterocycles. The highest BCUT2D eigenvalue weighted by molar-refractivity contribution is 7.92. The standard InChI is InChI=1S/C24H24N2O5S/c1-17-8-11-21(12-9-17)32(28,29)26-22-13-10-20(30-2)14-19(22)15-23(26)25-24(27)31-16-18-6-4-3-5-7-18/h3-14,23H,15-16H2,1-2H3,(H,25,27). The van der Waals surface area contributed by atoms with Gasteiger partial charge in [0.25, 0.3) is 10.0 Å². The molecule has 1 amide bonds. The summed E-state index contributed by atoms with van der Waals surface area (Å²) in [5.74, 6) is 0.615. The number of carbonyl (C=O) groups is 1. The summed E-state index contributed by atoms with van der Waals surface area (Å²) >= 11 is 0. The van der Waals surface area contributed by atoms with Crippen LogP contribution < -0.4 is 14.4 Å². The number of nitrogens with zero attached hydrogens (tertiary/aromatic N) is 1. The highest BCUT2D eigenvalue weighted by Gasteiger charge is 2.39. The Kier molecular flexibility index (Phi) is 6.05. The highest BCUT2D eigenvalue weighted by atomic mass is 32.2. The molecule has 1 aliphatic rings. The maximum atomic E-state index is 13.5. The van der Waals surface area contributed by atoms with Gasteiger partial charge < -0.3 is 9.47 Å². The van der Waals surface area contributed by atoms with Gasteiger partial charge in [-0.15, -0.1) is 0 Å². The lowest BCUT2D eigenvalue weighted by molar-refractivity contribution is 0.136. The predicted octanol–water partition coefficient (Wildman–Crippen LogP) is 4.01. The zero-order valence-corrected chi connectivity index (χ0v) is 18.6. The summed E-state index contributed by atoms with van der Waals surface area (Å²) in [6, 6.07) is 21.1. The Labute approximate surface area is 187 Å². The zero-order valence-electron chi connectivity index (χ0n) is 17.8. The Bertz CT molecular complexity index is 1210. The van der Waals surface area contributed by atoms with E-state index >= 15 is 0 Å². The van der Waals surface area contributed by atoms with E-state index in [1.807, 2.05) is 37.3 Å². The van der Waals surface area contributed by atoms with Crippen LogP contribution in [0.25, 0.3) is 0 Å². The molecular formula is C24H24N2O5S. The molecule has 1 unspecified atom stereocenters. The molecule has 32 heavy (non-hydrogen) atoms. The van der Waals surface area contributed by atoms with E-state index in [0.717, 1.165) is 16.7 Å². The monoisotopic (exact) mass is 452 g/mol. The minimum atomic E-state index is -3.93. The lowest BCUT2D eigenvalue weighted by atomic mass is 10.1. The number of ether oxygens (including phenoxy) is 2. The van der Waals surface area contributed by atoms with E-state index in [-0.39, 0.29) is 17.9 Å². The number of amides is 1. The summed E-state index contributed by atoms with van der Waals surface area (Å²) in [4.78, 5) is 12.7. The molecule has 0 fully saturated rings. The molecule has 3 aromatic rings. The number of benzene rings is 3. The molecular weight excluding hydrogens is 428 g/mol. The lowest BCUT2D eigenvalue weighted by Crippen LogP contribution is -2.49. The molecule has 1 heterocycles. The number of alkyl carbamates (subject to hydrolysis) is 1. The molecule has 0 saturated heterocycles. The third-order valence-corrected chi connectivity index (χ3v) is 7.13. The van der Waals surface area contributed by atoms with Crippen LogP contribution in [-0.2, 0) is 27.8 Å². The third kappa shape index (κ3) is 4.40. The predicted molar refractivity (Wildman–Crippen MR) is 121 cm³/mol. The van der Waals surface area contributed by atoms with E-state index in [0.29, 0.717) is 11.4 Å². The first-order chi connectivity index (χ1) is 15.4. The second-order valence-electron chi connectivity index (χ2n) is 7.53. The Morgan fingerprint density at radius 3 is 2.47 bits per heavy atom. The van der Waals surface area contributed by atoms with E-state index in [1.54, 1.807) is 49.6 Å². The molecule has 0 aromatic heterocycles. The molecule has 3 aromatic carbocycles. The molecule has 1 atom stereocenters. The number of rotatable bonds is 6. The Morgan fingerprint density at radius 2 is 1.78 bits per heavy atom. The van der Waals surface area contributed by atoms with Crippen LogP contribution in [0.1, 0.15) is 16.7 Å². The van der Waals surface area contributed by atoms with Crippen molar-refractivity contribution in [3.63, 3.8) is 0 Å². The first kappa shape index (κ1) is 21.7. The van der Waals surface area contributed by atoms with Crippen molar-refractivity contribution in [2.75, 3.05) is 11.4 Å². The molecule has 0 saturated carbocycles. The number of nitrogens with one attached hydrogen (secondary N) is 1. The minimum absolute atomic E-state index is 0.0882. The van der Waals surface area contributed by atoms with Crippen LogP contribution in [0.2, 0.25) is 0 Å². The fourth-order valence-electron chi connectivity index (χ4n) is 3.66.